The molecule has 5 heteroatoms. The van der Waals surface area contributed by atoms with E-state index in [1.54, 1.807) is 11.3 Å². The summed E-state index contributed by atoms with van der Waals surface area (Å²) in [4.78, 5) is 4.81. The molecule has 1 atom stereocenters. The van der Waals surface area contributed by atoms with Gasteiger partial charge in [0, 0.05) is 20.8 Å². The van der Waals surface area contributed by atoms with Crippen molar-refractivity contribution in [2.75, 3.05) is 13.6 Å². The van der Waals surface area contributed by atoms with E-state index in [9.17, 15) is 0 Å². The summed E-state index contributed by atoms with van der Waals surface area (Å²) in [5, 5.41) is 0. The fourth-order valence-corrected chi connectivity index (χ4v) is 3.83. The summed E-state index contributed by atoms with van der Waals surface area (Å²) in [6.07, 6.45) is 0. The number of hydrogen-bond acceptors (Lipinski definition) is 4. The van der Waals surface area contributed by atoms with Crippen LogP contribution in [-0.4, -0.2) is 18.5 Å². The number of aryl methyl sites for hydroxylation is 2. The molecule has 0 saturated heterocycles. The molecule has 0 fully saturated rings. The molecule has 0 saturated carbocycles. The van der Waals surface area contributed by atoms with Crippen molar-refractivity contribution in [3.63, 3.8) is 0 Å². The van der Waals surface area contributed by atoms with Crippen molar-refractivity contribution in [1.29, 1.82) is 0 Å². The zero-order chi connectivity index (χ0) is 14.0. The molecule has 0 bridgehead atoms. The summed E-state index contributed by atoms with van der Waals surface area (Å²) in [5.41, 5.74) is 5.94. The minimum atomic E-state index is 0.223. The number of nitrogens with zero attached hydrogens (tertiary/aromatic N) is 1. The average molecular weight is 343 g/mol. The molecule has 0 spiro atoms. The molecular formula is C14H19BrN2OS. The van der Waals surface area contributed by atoms with Crippen LogP contribution in [0.2, 0.25) is 0 Å². The summed E-state index contributed by atoms with van der Waals surface area (Å²) in [6, 6.07) is 6.41. The number of likely N-dealkylation sites (N-methyl/N-ethyl adjacent to an activating group) is 1. The minimum Gasteiger partial charge on any atom is -0.465 e. The van der Waals surface area contributed by atoms with Gasteiger partial charge >= 0.3 is 0 Å². The molecule has 0 aromatic carbocycles. The first-order valence-corrected chi connectivity index (χ1v) is 7.83. The highest BCUT2D eigenvalue weighted by Gasteiger charge is 2.19. The molecule has 0 aliphatic rings. The predicted octanol–water partition coefficient (Wildman–Crippen LogP) is 3.85. The Morgan fingerprint density at radius 1 is 1.42 bits per heavy atom. The topological polar surface area (TPSA) is 42.4 Å². The second-order valence-electron chi connectivity index (χ2n) is 4.73. The maximum absolute atomic E-state index is 5.94. The number of rotatable bonds is 5. The molecule has 2 N–H and O–H groups in total. The fraction of sp³-hybridized carbons (Fsp3) is 0.429. The van der Waals surface area contributed by atoms with Crippen LogP contribution in [0.5, 0.6) is 0 Å². The van der Waals surface area contributed by atoms with Crippen LogP contribution in [0.1, 0.15) is 27.3 Å². The van der Waals surface area contributed by atoms with Crippen LogP contribution in [0.15, 0.2) is 27.1 Å². The smallest absolute Gasteiger partial charge is 0.118 e. The third kappa shape index (κ3) is 3.48. The van der Waals surface area contributed by atoms with Crippen molar-refractivity contribution in [3.05, 3.63) is 43.9 Å². The Morgan fingerprint density at radius 3 is 2.63 bits per heavy atom. The van der Waals surface area contributed by atoms with E-state index >= 15 is 0 Å². The fourth-order valence-electron chi connectivity index (χ4n) is 2.09. The molecule has 0 radical (unpaired) electrons. The summed E-state index contributed by atoms with van der Waals surface area (Å²) >= 11 is 5.36. The third-order valence-electron chi connectivity index (χ3n) is 3.16. The van der Waals surface area contributed by atoms with Crippen molar-refractivity contribution in [3.8, 4) is 0 Å². The Bertz CT molecular complexity index is 530. The van der Waals surface area contributed by atoms with Crippen LogP contribution < -0.4 is 5.73 Å². The van der Waals surface area contributed by atoms with Crippen molar-refractivity contribution >= 4 is 27.3 Å². The van der Waals surface area contributed by atoms with Gasteiger partial charge in [-0.15, -0.1) is 11.3 Å². The van der Waals surface area contributed by atoms with E-state index < -0.39 is 0 Å². The number of halogens is 1. The molecule has 0 aliphatic heterocycles. The van der Waals surface area contributed by atoms with Crippen LogP contribution in [-0.2, 0) is 6.54 Å². The summed E-state index contributed by atoms with van der Waals surface area (Å²) < 4.78 is 6.79. The summed E-state index contributed by atoms with van der Waals surface area (Å²) in [6.45, 7) is 5.44. The minimum absolute atomic E-state index is 0.223. The highest BCUT2D eigenvalue weighted by molar-refractivity contribution is 9.10. The zero-order valence-corrected chi connectivity index (χ0v) is 13.8. The van der Waals surface area contributed by atoms with Crippen molar-refractivity contribution < 1.29 is 4.42 Å². The van der Waals surface area contributed by atoms with Crippen molar-refractivity contribution in [2.45, 2.75) is 26.4 Å². The number of thiophene rings is 1. The first-order chi connectivity index (χ1) is 9.01. The molecule has 2 heterocycles. The van der Waals surface area contributed by atoms with E-state index in [-0.39, 0.29) is 6.04 Å². The van der Waals surface area contributed by atoms with Gasteiger partial charge in [0.15, 0.2) is 0 Å². The van der Waals surface area contributed by atoms with E-state index in [4.69, 9.17) is 10.2 Å². The molecule has 0 aliphatic carbocycles. The van der Waals surface area contributed by atoms with Gasteiger partial charge < -0.3 is 10.2 Å². The molecule has 1 unspecified atom stereocenters. The second-order valence-corrected chi connectivity index (χ2v) is 6.87. The highest BCUT2D eigenvalue weighted by Crippen LogP contribution is 2.33. The lowest BCUT2D eigenvalue weighted by Gasteiger charge is -2.25. The molecular weight excluding hydrogens is 324 g/mol. The van der Waals surface area contributed by atoms with Gasteiger partial charge in [0.05, 0.1) is 12.6 Å². The normalized spacial score (nSPS) is 13.2. The lowest BCUT2D eigenvalue weighted by molar-refractivity contribution is 0.224. The molecule has 2 aromatic rings. The standard InChI is InChI=1S/C14H19BrN2OS/c1-9-4-5-11(18-9)8-17(3)13(7-16)14-6-12(15)10(2)19-14/h4-6,13H,7-8,16H2,1-3H3. The third-order valence-corrected chi connectivity index (χ3v) is 5.40. The van der Waals surface area contributed by atoms with Gasteiger partial charge in [-0.2, -0.15) is 0 Å². The van der Waals surface area contributed by atoms with Crippen LogP contribution in [0.4, 0.5) is 0 Å². The highest BCUT2D eigenvalue weighted by atomic mass is 79.9. The van der Waals surface area contributed by atoms with E-state index in [0.29, 0.717) is 6.54 Å². The van der Waals surface area contributed by atoms with Gasteiger partial charge in [0.2, 0.25) is 0 Å². The van der Waals surface area contributed by atoms with Gasteiger partial charge in [0.25, 0.3) is 0 Å². The van der Waals surface area contributed by atoms with Gasteiger partial charge in [0.1, 0.15) is 11.5 Å². The van der Waals surface area contributed by atoms with Crippen molar-refractivity contribution in [2.24, 2.45) is 5.73 Å². The second kappa shape index (κ2) is 6.22. The van der Waals surface area contributed by atoms with E-state index in [1.165, 1.54) is 9.75 Å². The lowest BCUT2D eigenvalue weighted by Crippen LogP contribution is -2.29. The first-order valence-electron chi connectivity index (χ1n) is 6.22. The van der Waals surface area contributed by atoms with Gasteiger partial charge in [-0.05, 0) is 55.0 Å². The van der Waals surface area contributed by atoms with Crippen LogP contribution in [0.25, 0.3) is 0 Å². The van der Waals surface area contributed by atoms with Gasteiger partial charge in [-0.1, -0.05) is 0 Å². The largest absolute Gasteiger partial charge is 0.465 e. The number of furan rings is 1. The SMILES string of the molecule is Cc1ccc(CN(C)C(CN)c2cc(Br)c(C)s2)o1. The summed E-state index contributed by atoms with van der Waals surface area (Å²) in [5.74, 6) is 1.92. The Hall–Kier alpha value is -0.620. The molecule has 19 heavy (non-hydrogen) atoms. The van der Waals surface area contributed by atoms with E-state index in [1.807, 2.05) is 19.1 Å². The average Bonchev–Trinajstić information content (AvgIpc) is 2.88. The van der Waals surface area contributed by atoms with Crippen LogP contribution in [0, 0.1) is 13.8 Å². The number of nitrogens with two attached hydrogens (primary N) is 1. The zero-order valence-electron chi connectivity index (χ0n) is 11.4. The molecule has 104 valence electrons. The Kier molecular flexibility index (Phi) is 4.84. The maximum Gasteiger partial charge on any atom is 0.118 e. The number of hydrogen-bond donors (Lipinski definition) is 1. The Balaban J connectivity index is 2.12. The molecule has 3 nitrogen and oxygen atoms in total. The lowest BCUT2D eigenvalue weighted by atomic mass is 10.2. The van der Waals surface area contributed by atoms with Crippen LogP contribution in [0.3, 0.4) is 0 Å². The molecule has 2 aromatic heterocycles. The Labute approximate surface area is 126 Å². The van der Waals surface area contributed by atoms with Crippen molar-refractivity contribution in [1.82, 2.24) is 4.90 Å². The molecule has 2 rings (SSSR count). The van der Waals surface area contributed by atoms with Crippen LogP contribution >= 0.6 is 27.3 Å². The van der Waals surface area contributed by atoms with Gasteiger partial charge in [-0.3, -0.25) is 4.90 Å². The predicted molar refractivity (Wildman–Crippen MR) is 83.5 cm³/mol. The quantitative estimate of drug-likeness (QED) is 0.897. The van der Waals surface area contributed by atoms with E-state index in [2.05, 4.69) is 40.9 Å². The Morgan fingerprint density at radius 2 is 2.16 bits per heavy atom. The maximum atomic E-state index is 5.94. The molecule has 0 amide bonds. The van der Waals surface area contributed by atoms with Gasteiger partial charge in [-0.25, -0.2) is 0 Å². The van der Waals surface area contributed by atoms with E-state index in [0.717, 1.165) is 22.5 Å². The first kappa shape index (κ1) is 14.8. The monoisotopic (exact) mass is 342 g/mol. The summed E-state index contributed by atoms with van der Waals surface area (Å²) in [7, 11) is 2.08.